The maximum absolute atomic E-state index is 12.7. The molecule has 6 heteroatoms. The molecule has 1 heterocycles. The Bertz CT molecular complexity index is 1110. The Labute approximate surface area is 196 Å². The van der Waals surface area contributed by atoms with Crippen molar-refractivity contribution >= 4 is 34.3 Å². The number of ether oxygens (including phenoxy) is 1. The molecule has 0 atom stereocenters. The summed E-state index contributed by atoms with van der Waals surface area (Å²) >= 11 is 2.26. The van der Waals surface area contributed by atoms with Crippen LogP contribution in [0.15, 0.2) is 42.5 Å². The van der Waals surface area contributed by atoms with Crippen molar-refractivity contribution in [3.8, 4) is 17.0 Å². The van der Waals surface area contributed by atoms with Crippen molar-refractivity contribution in [3.05, 3.63) is 68.5 Å². The first kappa shape index (κ1) is 21.7. The number of halogens is 1. The smallest absolute Gasteiger partial charge is 0.229 e. The van der Waals surface area contributed by atoms with Gasteiger partial charge in [0.05, 0.1) is 30.6 Å². The molecule has 0 bridgehead atoms. The largest absolute Gasteiger partial charge is 0.497 e. The van der Waals surface area contributed by atoms with Crippen molar-refractivity contribution < 1.29 is 9.53 Å². The topological polar surface area (TPSA) is 64.1 Å². The van der Waals surface area contributed by atoms with Gasteiger partial charge in [-0.25, -0.2) is 9.97 Å². The Balaban J connectivity index is 1.65. The second-order valence-electron chi connectivity index (χ2n) is 8.29. The van der Waals surface area contributed by atoms with Gasteiger partial charge in [-0.2, -0.15) is 0 Å². The molecule has 5 nitrogen and oxygen atoms in total. The van der Waals surface area contributed by atoms with Crippen LogP contribution < -0.4 is 10.1 Å². The Kier molecular flexibility index (Phi) is 6.55. The number of rotatable bonds is 6. The fraction of sp³-hybridized carbons (Fsp3) is 0.320. The Morgan fingerprint density at radius 3 is 2.61 bits per heavy atom. The van der Waals surface area contributed by atoms with Crippen molar-refractivity contribution in [2.75, 3.05) is 12.4 Å². The van der Waals surface area contributed by atoms with Crippen molar-refractivity contribution in [3.63, 3.8) is 0 Å². The molecule has 0 saturated carbocycles. The predicted molar refractivity (Wildman–Crippen MR) is 131 cm³/mol. The number of hydrogen-bond acceptors (Lipinski definition) is 4. The van der Waals surface area contributed by atoms with E-state index in [2.05, 4.69) is 53.9 Å². The monoisotopic (exact) mass is 527 g/mol. The summed E-state index contributed by atoms with van der Waals surface area (Å²) in [5, 5.41) is 3.04. The molecule has 3 aromatic rings. The normalized spacial score (nSPS) is 12.3. The lowest BCUT2D eigenvalue weighted by atomic mass is 9.91. The highest BCUT2D eigenvalue weighted by atomic mass is 127. The minimum absolute atomic E-state index is 0.0681. The molecule has 0 aliphatic heterocycles. The number of carbonyl (C=O) groups is 1. The van der Waals surface area contributed by atoms with Gasteiger partial charge in [-0.05, 0) is 89.2 Å². The molecule has 0 spiro atoms. The zero-order chi connectivity index (χ0) is 22.0. The molecule has 31 heavy (non-hydrogen) atoms. The number of carbonyl (C=O) groups excluding carboxylic acids is 1. The number of methoxy groups -OCH3 is 1. The molecule has 0 saturated heterocycles. The van der Waals surface area contributed by atoms with Crippen molar-refractivity contribution in [1.29, 1.82) is 0 Å². The summed E-state index contributed by atoms with van der Waals surface area (Å²) < 4.78 is 6.53. The number of amides is 1. The molecule has 0 unspecified atom stereocenters. The second-order valence-corrected chi connectivity index (χ2v) is 9.53. The number of aromatic nitrogens is 2. The van der Waals surface area contributed by atoms with Gasteiger partial charge in [0.1, 0.15) is 5.75 Å². The van der Waals surface area contributed by atoms with Gasteiger partial charge in [0.15, 0.2) is 5.82 Å². The van der Waals surface area contributed by atoms with E-state index in [1.807, 2.05) is 30.3 Å². The number of benzene rings is 2. The summed E-state index contributed by atoms with van der Waals surface area (Å²) in [5.74, 6) is 1.79. The van der Waals surface area contributed by atoms with Gasteiger partial charge >= 0.3 is 0 Å². The summed E-state index contributed by atoms with van der Waals surface area (Å²) in [7, 11) is 1.68. The van der Waals surface area contributed by atoms with Crippen LogP contribution in [0.25, 0.3) is 11.3 Å². The van der Waals surface area contributed by atoms with Gasteiger partial charge in [0.25, 0.3) is 0 Å². The molecule has 160 valence electrons. The van der Waals surface area contributed by atoms with Gasteiger partial charge in [-0.1, -0.05) is 26.0 Å². The summed E-state index contributed by atoms with van der Waals surface area (Å²) in [4.78, 5) is 22.6. The van der Waals surface area contributed by atoms with Crippen molar-refractivity contribution in [1.82, 2.24) is 9.97 Å². The van der Waals surface area contributed by atoms with E-state index in [1.54, 1.807) is 7.11 Å². The molecule has 4 rings (SSSR count). The van der Waals surface area contributed by atoms with Crippen LogP contribution in [-0.2, 0) is 30.5 Å². The van der Waals surface area contributed by atoms with E-state index in [1.165, 1.54) is 5.56 Å². The molecule has 0 radical (unpaired) electrons. The maximum Gasteiger partial charge on any atom is 0.229 e. The highest BCUT2D eigenvalue weighted by molar-refractivity contribution is 14.1. The number of anilines is 1. The summed E-state index contributed by atoms with van der Waals surface area (Å²) in [6.45, 7) is 4.30. The van der Waals surface area contributed by atoms with Crippen LogP contribution in [0.5, 0.6) is 5.75 Å². The molecule has 0 fully saturated rings. The Morgan fingerprint density at radius 2 is 1.90 bits per heavy atom. The average Bonchev–Trinajstić information content (AvgIpc) is 2.75. The number of hydrogen-bond donors (Lipinski definition) is 1. The minimum Gasteiger partial charge on any atom is -0.497 e. The van der Waals surface area contributed by atoms with E-state index in [0.717, 1.165) is 56.8 Å². The lowest BCUT2D eigenvalue weighted by molar-refractivity contribution is -0.115. The fourth-order valence-corrected chi connectivity index (χ4v) is 4.24. The summed E-state index contributed by atoms with van der Waals surface area (Å²) in [5.41, 5.74) is 6.03. The van der Waals surface area contributed by atoms with E-state index in [0.29, 0.717) is 18.2 Å². The minimum atomic E-state index is -0.0681. The Morgan fingerprint density at radius 1 is 1.13 bits per heavy atom. The first-order valence-electron chi connectivity index (χ1n) is 10.5. The average molecular weight is 527 g/mol. The second kappa shape index (κ2) is 9.34. The zero-order valence-electron chi connectivity index (χ0n) is 18.0. The van der Waals surface area contributed by atoms with Gasteiger partial charge in [0.2, 0.25) is 5.91 Å². The number of aryl methyl sites for hydroxylation is 2. The quantitative estimate of drug-likeness (QED) is 0.446. The molecular formula is C25H26IN3O2. The molecule has 1 N–H and O–H groups in total. The van der Waals surface area contributed by atoms with Crippen LogP contribution in [0.2, 0.25) is 0 Å². The lowest BCUT2D eigenvalue weighted by Crippen LogP contribution is -2.20. The first-order valence-corrected chi connectivity index (χ1v) is 11.6. The van der Waals surface area contributed by atoms with Crippen LogP contribution >= 0.6 is 22.6 Å². The number of nitrogens with one attached hydrogen (secondary N) is 1. The summed E-state index contributed by atoms with van der Waals surface area (Å²) in [6.07, 6.45) is 2.75. The highest BCUT2D eigenvalue weighted by Gasteiger charge is 2.23. The van der Waals surface area contributed by atoms with Gasteiger partial charge in [-0.15, -0.1) is 0 Å². The molecular weight excluding hydrogens is 501 g/mol. The maximum atomic E-state index is 12.7. The third kappa shape index (κ3) is 5.06. The van der Waals surface area contributed by atoms with Crippen LogP contribution in [0.3, 0.4) is 0 Å². The van der Waals surface area contributed by atoms with Gasteiger partial charge in [-0.3, -0.25) is 4.79 Å². The van der Waals surface area contributed by atoms with E-state index in [9.17, 15) is 4.79 Å². The third-order valence-corrected chi connectivity index (χ3v) is 6.10. The summed E-state index contributed by atoms with van der Waals surface area (Å²) in [6, 6.07) is 14.1. The molecule has 2 aromatic carbocycles. The molecule has 1 amide bonds. The predicted octanol–water partition coefficient (Wildman–Crippen LogP) is 5.24. The van der Waals surface area contributed by atoms with Gasteiger partial charge in [0, 0.05) is 9.13 Å². The van der Waals surface area contributed by atoms with Crippen LogP contribution in [0.1, 0.15) is 36.4 Å². The fourth-order valence-electron chi connectivity index (χ4n) is 3.88. The van der Waals surface area contributed by atoms with E-state index in [4.69, 9.17) is 14.7 Å². The SMILES string of the molecule is COc1ccc2c(c1)CCc1nc(NC(=O)Cc3ccc(I)cc3)c(CC(C)C)nc1-2. The molecule has 1 aliphatic rings. The highest BCUT2D eigenvalue weighted by Crippen LogP contribution is 2.35. The zero-order valence-corrected chi connectivity index (χ0v) is 20.2. The van der Waals surface area contributed by atoms with Crippen LogP contribution in [-0.4, -0.2) is 23.0 Å². The Hall–Kier alpha value is -2.48. The van der Waals surface area contributed by atoms with E-state index in [-0.39, 0.29) is 5.91 Å². The van der Waals surface area contributed by atoms with Crippen LogP contribution in [0.4, 0.5) is 5.82 Å². The standard InChI is InChI=1S/C25H26IN3O2/c1-15(2)12-22-25(29-23(30)13-16-4-7-18(26)8-5-16)28-21-11-6-17-14-19(31-3)9-10-20(17)24(21)27-22/h4-5,7-10,14-15H,6,11-13H2,1-3H3,(H,28,29,30). The lowest BCUT2D eigenvalue weighted by Gasteiger charge is -2.22. The van der Waals surface area contributed by atoms with E-state index < -0.39 is 0 Å². The molecule has 1 aliphatic carbocycles. The van der Waals surface area contributed by atoms with Crippen molar-refractivity contribution in [2.45, 2.75) is 39.5 Å². The number of fused-ring (bicyclic) bond motifs is 3. The molecule has 1 aromatic heterocycles. The van der Waals surface area contributed by atoms with Gasteiger partial charge < -0.3 is 10.1 Å². The first-order chi connectivity index (χ1) is 14.9. The van der Waals surface area contributed by atoms with Crippen LogP contribution in [0, 0.1) is 9.49 Å². The number of nitrogens with zero attached hydrogens (tertiary/aromatic N) is 2. The van der Waals surface area contributed by atoms with E-state index >= 15 is 0 Å². The van der Waals surface area contributed by atoms with Crippen molar-refractivity contribution in [2.24, 2.45) is 5.92 Å². The third-order valence-electron chi connectivity index (χ3n) is 5.38.